The van der Waals surface area contributed by atoms with Gasteiger partial charge in [0, 0.05) is 28.6 Å². The number of fused-ring (bicyclic) bond motifs is 1. The van der Waals surface area contributed by atoms with Crippen molar-refractivity contribution >= 4 is 16.3 Å². The smallest absolute Gasteiger partial charge is 0.194 e. The van der Waals surface area contributed by atoms with Gasteiger partial charge in [-0.25, -0.2) is 4.98 Å². The fourth-order valence-electron chi connectivity index (χ4n) is 2.92. The highest BCUT2D eigenvalue weighted by molar-refractivity contribution is 7.15. The molecule has 0 aliphatic carbocycles. The van der Waals surface area contributed by atoms with E-state index in [-0.39, 0.29) is 5.41 Å². The molecule has 0 atom stereocenters. The van der Waals surface area contributed by atoms with Gasteiger partial charge in [-0.1, -0.05) is 44.5 Å². The van der Waals surface area contributed by atoms with Crippen molar-refractivity contribution in [3.8, 4) is 11.3 Å². The maximum absolute atomic E-state index is 6.09. The van der Waals surface area contributed by atoms with Crippen molar-refractivity contribution in [1.29, 1.82) is 0 Å². The number of rotatable bonds is 2. The van der Waals surface area contributed by atoms with E-state index in [0.717, 1.165) is 16.3 Å². The summed E-state index contributed by atoms with van der Waals surface area (Å²) >= 11 is 1.69. The van der Waals surface area contributed by atoms with Crippen molar-refractivity contribution < 1.29 is 0 Å². The van der Waals surface area contributed by atoms with E-state index in [1.165, 1.54) is 22.4 Å². The molecule has 0 bridgehead atoms. The van der Waals surface area contributed by atoms with Crippen LogP contribution in [0, 0.1) is 13.8 Å². The lowest BCUT2D eigenvalue weighted by molar-refractivity contribution is 0.561. The molecule has 0 spiro atoms. The largest absolute Gasteiger partial charge is 0.325 e. The molecular formula is C18H23N3S. The maximum Gasteiger partial charge on any atom is 0.194 e. The zero-order valence-electron chi connectivity index (χ0n) is 13.9. The lowest BCUT2D eigenvalue weighted by Gasteiger charge is -2.18. The number of benzene rings is 1. The Kier molecular flexibility index (Phi) is 3.62. The molecule has 0 aliphatic heterocycles. The van der Waals surface area contributed by atoms with Crippen molar-refractivity contribution in [2.24, 2.45) is 5.73 Å². The van der Waals surface area contributed by atoms with E-state index in [9.17, 15) is 0 Å². The topological polar surface area (TPSA) is 43.3 Å². The van der Waals surface area contributed by atoms with E-state index in [1.54, 1.807) is 11.3 Å². The van der Waals surface area contributed by atoms with Crippen LogP contribution in [0.1, 0.15) is 43.3 Å². The molecule has 0 aliphatic rings. The second kappa shape index (κ2) is 5.21. The predicted octanol–water partition coefficient (Wildman–Crippen LogP) is 4.44. The highest BCUT2D eigenvalue weighted by Crippen LogP contribution is 2.34. The predicted molar refractivity (Wildman–Crippen MR) is 94.6 cm³/mol. The highest BCUT2D eigenvalue weighted by atomic mass is 32.1. The van der Waals surface area contributed by atoms with Crippen molar-refractivity contribution in [1.82, 2.24) is 9.38 Å². The number of thiazole rings is 1. The Morgan fingerprint density at radius 1 is 1.23 bits per heavy atom. The van der Waals surface area contributed by atoms with Crippen LogP contribution >= 0.6 is 11.3 Å². The molecule has 0 unspecified atom stereocenters. The monoisotopic (exact) mass is 313 g/mol. The standard InChI is InChI=1S/C18H23N3S/c1-11-6-7-13(12(2)8-11)16-14(9-19)21-15(18(3,4)5)10-22-17(21)20-16/h6-8,10H,9,19H2,1-5H3. The third-order valence-electron chi connectivity index (χ3n) is 4.06. The zero-order chi connectivity index (χ0) is 16.1. The summed E-state index contributed by atoms with van der Waals surface area (Å²) in [5, 5.41) is 2.20. The average molecular weight is 313 g/mol. The lowest BCUT2D eigenvalue weighted by atomic mass is 9.93. The summed E-state index contributed by atoms with van der Waals surface area (Å²) in [6, 6.07) is 6.50. The molecule has 1 aromatic carbocycles. The maximum atomic E-state index is 6.09. The van der Waals surface area contributed by atoms with Crippen LogP contribution in [0.25, 0.3) is 16.2 Å². The number of aryl methyl sites for hydroxylation is 2. The Morgan fingerprint density at radius 3 is 2.55 bits per heavy atom. The molecule has 22 heavy (non-hydrogen) atoms. The molecule has 3 aromatic rings. The van der Waals surface area contributed by atoms with E-state index in [2.05, 4.69) is 62.6 Å². The SMILES string of the molecule is Cc1ccc(-c2nc3scc(C(C)(C)C)n3c2CN)c(C)c1. The average Bonchev–Trinajstić information content (AvgIpc) is 2.95. The highest BCUT2D eigenvalue weighted by Gasteiger charge is 2.24. The Morgan fingerprint density at radius 2 is 1.95 bits per heavy atom. The molecule has 4 heteroatoms. The lowest BCUT2D eigenvalue weighted by Crippen LogP contribution is -2.16. The van der Waals surface area contributed by atoms with Gasteiger partial charge in [0.25, 0.3) is 0 Å². The fourth-order valence-corrected chi connectivity index (χ4v) is 4.05. The summed E-state index contributed by atoms with van der Waals surface area (Å²) in [7, 11) is 0. The summed E-state index contributed by atoms with van der Waals surface area (Å²) in [6.07, 6.45) is 0. The van der Waals surface area contributed by atoms with E-state index in [4.69, 9.17) is 10.7 Å². The first-order chi connectivity index (χ1) is 10.3. The minimum atomic E-state index is 0.0719. The van der Waals surface area contributed by atoms with Gasteiger partial charge in [-0.05, 0) is 19.4 Å². The first kappa shape index (κ1) is 15.3. The van der Waals surface area contributed by atoms with Gasteiger partial charge < -0.3 is 5.73 Å². The summed E-state index contributed by atoms with van der Waals surface area (Å²) in [6.45, 7) is 11.4. The van der Waals surface area contributed by atoms with Gasteiger partial charge >= 0.3 is 0 Å². The van der Waals surface area contributed by atoms with Crippen LogP contribution in [0.15, 0.2) is 23.6 Å². The van der Waals surface area contributed by atoms with Gasteiger partial charge in [-0.3, -0.25) is 4.40 Å². The van der Waals surface area contributed by atoms with Gasteiger partial charge in [0.15, 0.2) is 4.96 Å². The van der Waals surface area contributed by atoms with Crippen LogP contribution in [0.2, 0.25) is 0 Å². The zero-order valence-corrected chi connectivity index (χ0v) is 14.7. The number of hydrogen-bond acceptors (Lipinski definition) is 3. The van der Waals surface area contributed by atoms with E-state index >= 15 is 0 Å². The Labute approximate surface area is 135 Å². The minimum Gasteiger partial charge on any atom is -0.325 e. The van der Waals surface area contributed by atoms with Crippen LogP contribution in [-0.4, -0.2) is 9.38 Å². The molecule has 116 valence electrons. The molecule has 0 fully saturated rings. The Bertz CT molecular complexity index is 834. The molecule has 0 amide bonds. The van der Waals surface area contributed by atoms with Gasteiger partial charge in [-0.15, -0.1) is 11.3 Å². The molecule has 2 heterocycles. The van der Waals surface area contributed by atoms with Crippen LogP contribution in [0.4, 0.5) is 0 Å². The molecule has 3 nitrogen and oxygen atoms in total. The summed E-state index contributed by atoms with van der Waals surface area (Å²) in [5.41, 5.74) is 13.3. The normalized spacial score (nSPS) is 12.3. The van der Waals surface area contributed by atoms with E-state index in [1.807, 2.05) is 0 Å². The quantitative estimate of drug-likeness (QED) is 0.760. The van der Waals surface area contributed by atoms with Crippen molar-refractivity contribution in [2.75, 3.05) is 0 Å². The Balaban J connectivity index is 2.30. The number of nitrogens with two attached hydrogens (primary N) is 1. The summed E-state index contributed by atoms with van der Waals surface area (Å²) < 4.78 is 2.25. The molecule has 0 radical (unpaired) electrons. The summed E-state index contributed by atoms with van der Waals surface area (Å²) in [4.78, 5) is 5.91. The van der Waals surface area contributed by atoms with E-state index in [0.29, 0.717) is 6.54 Å². The second-order valence-electron chi connectivity index (χ2n) is 6.92. The fraction of sp³-hybridized carbons (Fsp3) is 0.389. The van der Waals surface area contributed by atoms with Crippen molar-refractivity contribution in [3.05, 3.63) is 46.1 Å². The van der Waals surface area contributed by atoms with Crippen molar-refractivity contribution in [2.45, 2.75) is 46.6 Å². The van der Waals surface area contributed by atoms with Crippen LogP contribution in [0.3, 0.4) is 0 Å². The van der Waals surface area contributed by atoms with Gasteiger partial charge in [0.05, 0.1) is 11.4 Å². The summed E-state index contributed by atoms with van der Waals surface area (Å²) in [5.74, 6) is 0. The molecule has 2 N–H and O–H groups in total. The Hall–Kier alpha value is -1.65. The molecule has 3 rings (SSSR count). The molecule has 0 saturated heterocycles. The van der Waals surface area contributed by atoms with Gasteiger partial charge in [0.2, 0.25) is 0 Å². The third kappa shape index (κ3) is 2.36. The molecule has 0 saturated carbocycles. The number of aromatic nitrogens is 2. The van der Waals surface area contributed by atoms with Gasteiger partial charge in [-0.2, -0.15) is 0 Å². The molecule has 2 aromatic heterocycles. The van der Waals surface area contributed by atoms with Crippen LogP contribution in [-0.2, 0) is 12.0 Å². The van der Waals surface area contributed by atoms with Crippen molar-refractivity contribution in [3.63, 3.8) is 0 Å². The van der Waals surface area contributed by atoms with Crippen LogP contribution < -0.4 is 5.73 Å². The van der Waals surface area contributed by atoms with Crippen LogP contribution in [0.5, 0.6) is 0 Å². The first-order valence-corrected chi connectivity index (χ1v) is 8.48. The van der Waals surface area contributed by atoms with Gasteiger partial charge in [0.1, 0.15) is 0 Å². The number of hydrogen-bond donors (Lipinski definition) is 1. The van der Waals surface area contributed by atoms with E-state index < -0.39 is 0 Å². The molecular weight excluding hydrogens is 290 g/mol. The number of imidazole rings is 1. The minimum absolute atomic E-state index is 0.0719. The number of nitrogens with zero attached hydrogens (tertiary/aromatic N) is 2. The third-order valence-corrected chi connectivity index (χ3v) is 4.88. The first-order valence-electron chi connectivity index (χ1n) is 7.60. The second-order valence-corrected chi connectivity index (χ2v) is 7.76.